The third-order valence-electron chi connectivity index (χ3n) is 5.29. The van der Waals surface area contributed by atoms with E-state index >= 15 is 0 Å². The molecule has 1 aliphatic heterocycles. The van der Waals surface area contributed by atoms with Crippen LogP contribution in [0.4, 0.5) is 74.6 Å². The van der Waals surface area contributed by atoms with Crippen molar-refractivity contribution < 1.29 is 79.1 Å². The van der Waals surface area contributed by atoms with Gasteiger partial charge in [0.2, 0.25) is 0 Å². The summed E-state index contributed by atoms with van der Waals surface area (Å²) in [5.41, 5.74) is -2.76. The van der Waals surface area contributed by atoms with Gasteiger partial charge in [-0.2, -0.15) is 74.6 Å². The highest BCUT2D eigenvalue weighted by molar-refractivity contribution is 7.35. The highest BCUT2D eigenvalue weighted by Gasteiger charge is 2.95. The molecule has 1 heterocycles. The lowest BCUT2D eigenvalue weighted by Crippen LogP contribution is -2.75. The van der Waals surface area contributed by atoms with Crippen molar-refractivity contribution >= 4 is 26.1 Å². The zero-order chi connectivity index (χ0) is 26.7. The van der Waals surface area contributed by atoms with Gasteiger partial charge in [0.25, 0.3) is 0 Å². The lowest BCUT2D eigenvalue weighted by Gasteiger charge is -2.44. The van der Waals surface area contributed by atoms with E-state index in [1.807, 2.05) is 0 Å². The first kappa shape index (κ1) is 30.5. The third-order valence-corrected chi connectivity index (χ3v) is 25.6. The van der Waals surface area contributed by atoms with Gasteiger partial charge in [-0.15, -0.1) is 0 Å². The van der Waals surface area contributed by atoms with E-state index in [1.54, 1.807) is 0 Å². The topological polar surface area (TPSA) is 9.23 Å². The highest BCUT2D eigenvalue weighted by Crippen LogP contribution is 2.65. The summed E-state index contributed by atoms with van der Waals surface area (Å²) in [6.07, 6.45) is -7.74. The van der Waals surface area contributed by atoms with Crippen molar-refractivity contribution in [1.82, 2.24) is 0 Å². The van der Waals surface area contributed by atoms with Gasteiger partial charge in [-0.1, -0.05) is 6.92 Å². The minimum absolute atomic E-state index is 0.231. The van der Waals surface area contributed by atoms with Crippen LogP contribution in [0.3, 0.4) is 0 Å². The Bertz CT molecular complexity index is 700. The molecule has 0 spiro atoms. The number of alkyl halides is 17. The Morgan fingerprint density at radius 1 is 0.606 bits per heavy atom. The molecule has 0 radical (unpaired) electrons. The summed E-state index contributed by atoms with van der Waals surface area (Å²) in [6, 6.07) is -0.292. The van der Waals surface area contributed by atoms with E-state index in [1.165, 1.54) is 0 Å². The Labute approximate surface area is 179 Å². The summed E-state index contributed by atoms with van der Waals surface area (Å²) in [4.78, 5) is 0. The summed E-state index contributed by atoms with van der Waals surface area (Å²) in [7, 11) is -6.08. The molecule has 0 bridgehead atoms. The summed E-state index contributed by atoms with van der Waals surface area (Å²) < 4.78 is 231. The average molecular weight is 580 g/mol. The molecule has 0 aromatic rings. The van der Waals surface area contributed by atoms with Crippen LogP contribution in [0.25, 0.3) is 0 Å². The summed E-state index contributed by atoms with van der Waals surface area (Å²) in [5, 5.41) is 0. The molecule has 198 valence electrons. The van der Waals surface area contributed by atoms with Crippen LogP contribution >= 0.6 is 0 Å². The minimum atomic E-state index is -8.57. The van der Waals surface area contributed by atoms with Crippen LogP contribution in [0.1, 0.15) is 6.92 Å². The lowest BCUT2D eigenvalue weighted by atomic mass is 9.88. The quantitative estimate of drug-likeness (QED) is 0.308. The Balaban J connectivity index is 3.56. The Morgan fingerprint density at radius 2 is 0.970 bits per heavy atom. The number of hydrogen-bond donors (Lipinski definition) is 0. The van der Waals surface area contributed by atoms with Gasteiger partial charge >= 0.3 is 47.6 Å². The van der Waals surface area contributed by atoms with Crippen molar-refractivity contribution in [2.75, 3.05) is 6.61 Å². The zero-order valence-corrected chi connectivity index (χ0v) is 19.8. The molecule has 0 saturated carbocycles. The second kappa shape index (κ2) is 8.52. The van der Waals surface area contributed by atoms with Crippen molar-refractivity contribution in [3.8, 4) is 0 Å². The number of halogens is 17. The molecule has 21 heteroatoms. The predicted molar refractivity (Wildman–Crippen MR) is 85.1 cm³/mol. The van der Waals surface area contributed by atoms with Crippen molar-refractivity contribution in [2.45, 2.75) is 66.1 Å². The summed E-state index contributed by atoms with van der Waals surface area (Å²) in [5.74, 6) is -55.6. The van der Waals surface area contributed by atoms with Crippen LogP contribution in [-0.4, -0.2) is 80.4 Å². The van der Waals surface area contributed by atoms with Crippen molar-refractivity contribution in [2.24, 2.45) is 0 Å². The van der Waals surface area contributed by atoms with Gasteiger partial charge in [0.1, 0.15) is 9.28 Å². The first-order valence-corrected chi connectivity index (χ1v) is 17.9. The molecule has 0 aromatic heterocycles. The molecule has 0 aromatic carbocycles. The first-order valence-electron chi connectivity index (χ1n) is 8.56. The van der Waals surface area contributed by atoms with E-state index in [2.05, 4.69) is 0 Å². The fourth-order valence-corrected chi connectivity index (χ4v) is 23.8. The van der Waals surface area contributed by atoms with E-state index in [0.29, 0.717) is 0 Å². The maximum Gasteiger partial charge on any atom is 0.460 e. The number of hydrogen-bond acceptors (Lipinski definition) is 1. The van der Waals surface area contributed by atoms with E-state index in [4.69, 9.17) is 4.43 Å². The van der Waals surface area contributed by atoms with Gasteiger partial charge in [0.15, 0.2) is 0 Å². The molecule has 2 unspecified atom stereocenters. The molecule has 1 saturated heterocycles. The second-order valence-electron chi connectivity index (χ2n) is 7.31. The van der Waals surface area contributed by atoms with Crippen LogP contribution in [0.15, 0.2) is 0 Å². The summed E-state index contributed by atoms with van der Waals surface area (Å²) in [6.45, 7) is 0.00175. The maximum atomic E-state index is 14.2. The molecule has 2 atom stereocenters. The number of rotatable bonds is 8. The van der Waals surface area contributed by atoms with Crippen LogP contribution in [-0.2, 0) is 4.43 Å². The Hall–Kier alpha value is -0.579. The predicted octanol–water partition coefficient (Wildman–Crippen LogP) is 4.31. The van der Waals surface area contributed by atoms with Gasteiger partial charge in [-0.25, -0.2) is 0 Å². The van der Waals surface area contributed by atoms with Crippen molar-refractivity contribution in [3.05, 3.63) is 0 Å². The van der Waals surface area contributed by atoms with E-state index in [9.17, 15) is 74.6 Å². The average Bonchev–Trinajstić information content (AvgIpc) is 2.66. The van der Waals surface area contributed by atoms with Crippen molar-refractivity contribution in [1.29, 1.82) is 0 Å². The molecule has 0 amide bonds. The molecule has 0 N–H and O–H groups in total. The highest BCUT2D eigenvalue weighted by atomic mass is 29.5. The zero-order valence-electron chi connectivity index (χ0n) is 15.8. The standard InChI is InChI=1S/C12H13F17OSi3/c1-4(33-3-2-30-31-32-33)5(13,14)6(15,16)7(17,18)8(19,20)9(21,22)10(23,24)11(25,26)12(27,28)29/h4,33H,2-3,31-32H2,1H3. The third kappa shape index (κ3) is 4.21. The Kier molecular flexibility index (Phi) is 7.86. The van der Waals surface area contributed by atoms with Crippen molar-refractivity contribution in [3.63, 3.8) is 0 Å². The first-order chi connectivity index (χ1) is 14.3. The fourth-order valence-electron chi connectivity index (χ4n) is 2.97. The molecule has 33 heavy (non-hydrogen) atoms. The molecule has 1 rings (SSSR count). The van der Waals surface area contributed by atoms with Gasteiger partial charge in [0, 0.05) is 29.0 Å². The van der Waals surface area contributed by atoms with Crippen LogP contribution in [0.5, 0.6) is 0 Å². The fraction of sp³-hybridized carbons (Fsp3) is 1.00. The molecule has 0 aliphatic carbocycles. The van der Waals surface area contributed by atoms with E-state index in [-0.39, 0.29) is 19.6 Å². The Morgan fingerprint density at radius 3 is 1.30 bits per heavy atom. The minimum Gasteiger partial charge on any atom is -0.428 e. The molecular formula is C12H13F17OSi3. The second-order valence-corrected chi connectivity index (χ2v) is 23.1. The largest absolute Gasteiger partial charge is 0.460 e. The lowest BCUT2D eigenvalue weighted by molar-refractivity contribution is -0.461. The SMILES string of the molecule is CC([SiH]1CCO[SiH2][SiH2]1)C(F)(F)C(F)(F)C(F)(F)C(F)(F)C(F)(F)C(F)(F)C(F)(F)C(F)(F)F. The normalized spacial score (nSPS) is 23.3. The smallest absolute Gasteiger partial charge is 0.428 e. The monoisotopic (exact) mass is 580 g/mol. The van der Waals surface area contributed by atoms with Crippen LogP contribution in [0, 0.1) is 0 Å². The van der Waals surface area contributed by atoms with Crippen LogP contribution in [0.2, 0.25) is 11.6 Å². The molecule has 1 nitrogen and oxygen atoms in total. The van der Waals surface area contributed by atoms with Gasteiger partial charge in [0.05, 0.1) is 0 Å². The molecule has 1 fully saturated rings. The van der Waals surface area contributed by atoms with Gasteiger partial charge in [-0.05, 0) is 6.04 Å². The van der Waals surface area contributed by atoms with E-state index in [0.717, 1.165) is 0 Å². The van der Waals surface area contributed by atoms with E-state index < -0.39 is 79.3 Å². The van der Waals surface area contributed by atoms with Crippen LogP contribution < -0.4 is 0 Å². The molecular weight excluding hydrogens is 567 g/mol. The van der Waals surface area contributed by atoms with Gasteiger partial charge in [-0.3, -0.25) is 0 Å². The maximum absolute atomic E-state index is 14.2. The summed E-state index contributed by atoms with van der Waals surface area (Å²) >= 11 is 0. The molecule has 1 aliphatic rings. The van der Waals surface area contributed by atoms with Gasteiger partial charge < -0.3 is 4.43 Å².